The molecule has 1 N–H and O–H groups in total. The minimum atomic E-state index is -0.411. The number of nitrogens with one attached hydrogen (secondary N) is 1. The van der Waals surface area contributed by atoms with Crippen LogP contribution in [0.5, 0.6) is 0 Å². The van der Waals surface area contributed by atoms with E-state index in [1.807, 2.05) is 13.2 Å². The van der Waals surface area contributed by atoms with Crippen molar-refractivity contribution in [2.24, 2.45) is 0 Å². The Bertz CT molecular complexity index is 386. The Kier molecular flexibility index (Phi) is 5.28. The van der Waals surface area contributed by atoms with Gasteiger partial charge in [0.25, 0.3) is 5.91 Å². The van der Waals surface area contributed by atoms with Crippen LogP contribution < -0.4 is 5.32 Å². The van der Waals surface area contributed by atoms with Crippen LogP contribution >= 0.6 is 27.7 Å². The van der Waals surface area contributed by atoms with Crippen molar-refractivity contribution in [2.45, 2.75) is 12.2 Å². The lowest BCUT2D eigenvalue weighted by atomic mass is 10.2. The van der Waals surface area contributed by atoms with E-state index in [0.29, 0.717) is 21.8 Å². The van der Waals surface area contributed by atoms with E-state index in [9.17, 15) is 9.18 Å². The summed E-state index contributed by atoms with van der Waals surface area (Å²) >= 11 is 4.89. The van der Waals surface area contributed by atoms with Crippen LogP contribution in [-0.2, 0) is 0 Å². The van der Waals surface area contributed by atoms with Crippen LogP contribution in [0.25, 0.3) is 0 Å². The topological polar surface area (TPSA) is 29.1 Å². The summed E-state index contributed by atoms with van der Waals surface area (Å²) < 4.78 is 13.6. The third kappa shape index (κ3) is 3.79. The van der Waals surface area contributed by atoms with E-state index in [2.05, 4.69) is 21.2 Å². The number of thioether (sulfide) groups is 1. The van der Waals surface area contributed by atoms with Crippen LogP contribution in [-0.4, -0.2) is 24.0 Å². The Balaban J connectivity index is 2.69. The second-order valence-electron chi connectivity index (χ2n) is 3.38. The molecule has 0 aliphatic heterocycles. The van der Waals surface area contributed by atoms with Crippen LogP contribution in [0.1, 0.15) is 17.3 Å². The Morgan fingerprint density at radius 3 is 2.94 bits per heavy atom. The molecule has 0 saturated carbocycles. The third-order valence-corrected chi connectivity index (χ3v) is 3.79. The lowest BCUT2D eigenvalue weighted by molar-refractivity contribution is 0.0953. The predicted molar refractivity (Wildman–Crippen MR) is 69.4 cm³/mol. The first-order chi connectivity index (χ1) is 7.54. The summed E-state index contributed by atoms with van der Waals surface area (Å²) in [7, 11) is 0. The van der Waals surface area contributed by atoms with Gasteiger partial charge >= 0.3 is 0 Å². The van der Waals surface area contributed by atoms with Gasteiger partial charge in [0.1, 0.15) is 5.82 Å². The molecule has 0 radical (unpaired) electrons. The first-order valence-electron chi connectivity index (χ1n) is 4.80. The zero-order chi connectivity index (χ0) is 12.1. The van der Waals surface area contributed by atoms with Gasteiger partial charge in [0, 0.05) is 16.3 Å². The molecule has 0 heterocycles. The summed E-state index contributed by atoms with van der Waals surface area (Å²) in [5.74, 6) is -0.668. The molecule has 2 nitrogen and oxygen atoms in total. The Morgan fingerprint density at radius 1 is 1.62 bits per heavy atom. The first kappa shape index (κ1) is 13.5. The van der Waals surface area contributed by atoms with Gasteiger partial charge in [0.2, 0.25) is 0 Å². The Labute approximate surface area is 107 Å². The van der Waals surface area contributed by atoms with Crippen molar-refractivity contribution < 1.29 is 9.18 Å². The molecule has 5 heteroatoms. The molecule has 0 aromatic heterocycles. The molecular formula is C11H13BrFNOS. The normalized spacial score (nSPS) is 12.2. The van der Waals surface area contributed by atoms with Gasteiger partial charge in [-0.3, -0.25) is 4.79 Å². The van der Waals surface area contributed by atoms with E-state index in [-0.39, 0.29) is 5.91 Å². The maximum absolute atomic E-state index is 13.0. The second kappa shape index (κ2) is 6.25. The molecule has 0 spiro atoms. The van der Waals surface area contributed by atoms with Crippen LogP contribution in [0.4, 0.5) is 4.39 Å². The molecule has 0 bridgehead atoms. The summed E-state index contributed by atoms with van der Waals surface area (Å²) in [6, 6.07) is 4.07. The van der Waals surface area contributed by atoms with Crippen molar-refractivity contribution >= 4 is 33.6 Å². The summed E-state index contributed by atoms with van der Waals surface area (Å²) in [4.78, 5) is 11.7. The average Bonchev–Trinajstić information content (AvgIpc) is 2.28. The first-order valence-corrected chi connectivity index (χ1v) is 6.88. The molecule has 88 valence electrons. The fourth-order valence-electron chi connectivity index (χ4n) is 1.09. The number of hydrogen-bond donors (Lipinski definition) is 1. The second-order valence-corrected chi connectivity index (χ2v) is 5.51. The summed E-state index contributed by atoms with van der Waals surface area (Å²) in [6.07, 6.45) is 1.98. The molecule has 1 aromatic rings. The minimum absolute atomic E-state index is 0.257. The number of amides is 1. The van der Waals surface area contributed by atoms with E-state index in [1.54, 1.807) is 11.8 Å². The monoisotopic (exact) mass is 305 g/mol. The Hall–Kier alpha value is -0.550. The molecule has 1 amide bonds. The zero-order valence-corrected chi connectivity index (χ0v) is 11.5. The van der Waals surface area contributed by atoms with E-state index in [1.165, 1.54) is 18.2 Å². The lowest BCUT2D eigenvalue weighted by Gasteiger charge is -2.10. The van der Waals surface area contributed by atoms with Gasteiger partial charge in [0.15, 0.2) is 0 Å². The highest BCUT2D eigenvalue weighted by Crippen LogP contribution is 2.17. The van der Waals surface area contributed by atoms with Gasteiger partial charge in [-0.2, -0.15) is 11.8 Å². The van der Waals surface area contributed by atoms with Crippen molar-refractivity contribution in [1.29, 1.82) is 0 Å². The van der Waals surface area contributed by atoms with E-state index in [0.717, 1.165) is 0 Å². The summed E-state index contributed by atoms with van der Waals surface area (Å²) in [5, 5.41) is 3.11. The van der Waals surface area contributed by atoms with Crippen LogP contribution in [0.3, 0.4) is 0 Å². The molecule has 1 atom stereocenters. The van der Waals surface area contributed by atoms with Crippen molar-refractivity contribution in [1.82, 2.24) is 5.32 Å². The standard InChI is InChI=1S/C11H13BrFNOS/c1-7(16-2)6-14-11(15)9-5-8(13)3-4-10(9)12/h3-5,7H,6H2,1-2H3,(H,14,15). The van der Waals surface area contributed by atoms with E-state index in [4.69, 9.17) is 0 Å². The highest BCUT2D eigenvalue weighted by Gasteiger charge is 2.11. The molecule has 0 saturated heterocycles. The average molecular weight is 306 g/mol. The molecule has 0 aliphatic carbocycles. The molecular weight excluding hydrogens is 293 g/mol. The highest BCUT2D eigenvalue weighted by molar-refractivity contribution is 9.10. The maximum atomic E-state index is 13.0. The van der Waals surface area contributed by atoms with Gasteiger partial charge in [-0.15, -0.1) is 0 Å². The van der Waals surface area contributed by atoms with Crippen molar-refractivity contribution in [3.05, 3.63) is 34.1 Å². The van der Waals surface area contributed by atoms with Crippen LogP contribution in [0.2, 0.25) is 0 Å². The number of halogens is 2. The van der Waals surface area contributed by atoms with Crippen molar-refractivity contribution in [3.8, 4) is 0 Å². The molecule has 0 aliphatic rings. The largest absolute Gasteiger partial charge is 0.351 e. The van der Waals surface area contributed by atoms with Gasteiger partial charge in [-0.05, 0) is 40.4 Å². The highest BCUT2D eigenvalue weighted by atomic mass is 79.9. The van der Waals surface area contributed by atoms with E-state index < -0.39 is 5.82 Å². The molecule has 16 heavy (non-hydrogen) atoms. The number of carbonyl (C=O) groups is 1. The SMILES string of the molecule is CSC(C)CNC(=O)c1cc(F)ccc1Br. The van der Waals surface area contributed by atoms with Gasteiger partial charge in [-0.25, -0.2) is 4.39 Å². The number of carbonyl (C=O) groups excluding carboxylic acids is 1. The lowest BCUT2D eigenvalue weighted by Crippen LogP contribution is -2.29. The Morgan fingerprint density at radius 2 is 2.31 bits per heavy atom. The van der Waals surface area contributed by atoms with Crippen LogP contribution in [0, 0.1) is 5.82 Å². The van der Waals surface area contributed by atoms with Gasteiger partial charge in [-0.1, -0.05) is 6.92 Å². The van der Waals surface area contributed by atoms with Crippen molar-refractivity contribution in [3.63, 3.8) is 0 Å². The molecule has 0 fully saturated rings. The van der Waals surface area contributed by atoms with Crippen LogP contribution in [0.15, 0.2) is 22.7 Å². The third-order valence-electron chi connectivity index (χ3n) is 2.13. The minimum Gasteiger partial charge on any atom is -0.351 e. The van der Waals surface area contributed by atoms with Gasteiger partial charge < -0.3 is 5.32 Å². The van der Waals surface area contributed by atoms with Gasteiger partial charge in [0.05, 0.1) is 5.56 Å². The van der Waals surface area contributed by atoms with Crippen molar-refractivity contribution in [2.75, 3.05) is 12.8 Å². The zero-order valence-electron chi connectivity index (χ0n) is 9.09. The smallest absolute Gasteiger partial charge is 0.252 e. The molecule has 1 unspecified atom stereocenters. The quantitative estimate of drug-likeness (QED) is 0.926. The predicted octanol–water partition coefficient (Wildman–Crippen LogP) is 3.07. The number of hydrogen-bond acceptors (Lipinski definition) is 2. The fraction of sp³-hybridized carbons (Fsp3) is 0.364. The molecule has 1 aromatic carbocycles. The van der Waals surface area contributed by atoms with E-state index >= 15 is 0 Å². The maximum Gasteiger partial charge on any atom is 0.252 e. The number of rotatable bonds is 4. The summed E-state index contributed by atoms with van der Waals surface area (Å²) in [5.41, 5.74) is 0.327. The summed E-state index contributed by atoms with van der Waals surface area (Å²) in [6.45, 7) is 2.59. The molecule has 1 rings (SSSR count). The fourth-order valence-corrected chi connectivity index (χ4v) is 1.76. The number of benzene rings is 1.